The van der Waals surface area contributed by atoms with Crippen LogP contribution in [-0.4, -0.2) is 38.4 Å². The number of nitrogens with one attached hydrogen (secondary N) is 1. The van der Waals surface area contributed by atoms with Gasteiger partial charge in [0.2, 0.25) is 0 Å². The zero-order chi connectivity index (χ0) is 24.3. The number of hydrogen-bond acceptors (Lipinski definition) is 5. The lowest BCUT2D eigenvalue weighted by Gasteiger charge is -2.25. The molecular weight excluding hydrogens is 469 g/mol. The Morgan fingerprint density at radius 3 is 2.50 bits per heavy atom. The molecule has 0 unspecified atom stereocenters. The van der Waals surface area contributed by atoms with E-state index in [4.69, 9.17) is 4.74 Å². The average Bonchev–Trinajstić information content (AvgIpc) is 3.57. The number of sulfonamides is 1. The third-order valence-corrected chi connectivity index (χ3v) is 7.47. The molecular formula is C24H27F3N2O4S. The summed E-state index contributed by atoms with van der Waals surface area (Å²) in [5, 5.41) is 1.59. The summed E-state index contributed by atoms with van der Waals surface area (Å²) in [6, 6.07) is 10.8. The van der Waals surface area contributed by atoms with Crippen molar-refractivity contribution in [1.82, 2.24) is 9.84 Å². The number of nitrogens with zero attached hydrogens (tertiary/aromatic N) is 1. The largest absolute Gasteiger partial charge is 0.494 e. The second-order valence-corrected chi connectivity index (χ2v) is 10.4. The second kappa shape index (κ2) is 10.1. The number of carbonyl (C=O) groups excluding carboxylic acids is 1. The predicted octanol–water partition coefficient (Wildman–Crippen LogP) is 4.82. The summed E-state index contributed by atoms with van der Waals surface area (Å²) < 4.78 is 70.0. The highest BCUT2D eigenvalue weighted by atomic mass is 32.2. The first-order valence-corrected chi connectivity index (χ1v) is 12.9. The number of hydrazine groups is 1. The highest BCUT2D eigenvalue weighted by molar-refractivity contribution is 7.89. The van der Waals surface area contributed by atoms with Crippen LogP contribution in [0.3, 0.4) is 0 Å². The van der Waals surface area contributed by atoms with Gasteiger partial charge in [-0.1, -0.05) is 6.07 Å². The fourth-order valence-corrected chi connectivity index (χ4v) is 5.30. The van der Waals surface area contributed by atoms with Gasteiger partial charge in [0.1, 0.15) is 5.75 Å². The van der Waals surface area contributed by atoms with E-state index in [1.54, 1.807) is 29.3 Å². The van der Waals surface area contributed by atoms with Gasteiger partial charge in [-0.25, -0.2) is 13.4 Å². The van der Waals surface area contributed by atoms with Crippen LogP contribution in [-0.2, 0) is 16.2 Å². The summed E-state index contributed by atoms with van der Waals surface area (Å²) in [5.41, 5.74) is -0.306. The number of halogens is 3. The van der Waals surface area contributed by atoms with Crippen molar-refractivity contribution >= 4 is 15.8 Å². The van der Waals surface area contributed by atoms with E-state index in [1.807, 2.05) is 0 Å². The summed E-state index contributed by atoms with van der Waals surface area (Å²) in [5.74, 6) is 1.02. The number of carbonyl (C=O) groups is 1. The molecule has 1 aliphatic heterocycles. The normalized spacial score (nSPS) is 19.3. The molecule has 1 heterocycles. The maximum atomic E-state index is 13.0. The number of alkyl halides is 3. The molecule has 2 aromatic rings. The minimum absolute atomic E-state index is 0.0669. The zero-order valence-corrected chi connectivity index (χ0v) is 19.4. The molecule has 0 bridgehead atoms. The Bertz CT molecular complexity index is 1120. The molecule has 1 aliphatic carbocycles. The lowest BCUT2D eigenvalue weighted by Crippen LogP contribution is -2.45. The van der Waals surface area contributed by atoms with Crippen LogP contribution in [0.25, 0.3) is 0 Å². The highest BCUT2D eigenvalue weighted by Gasteiger charge is 2.33. The lowest BCUT2D eigenvalue weighted by molar-refractivity contribution is -0.137. The van der Waals surface area contributed by atoms with Gasteiger partial charge in [-0.15, -0.1) is 4.83 Å². The Hall–Kier alpha value is -2.43. The van der Waals surface area contributed by atoms with Crippen LogP contribution < -0.4 is 9.57 Å². The van der Waals surface area contributed by atoms with E-state index in [-0.39, 0.29) is 17.7 Å². The van der Waals surface area contributed by atoms with E-state index >= 15 is 0 Å². The van der Waals surface area contributed by atoms with E-state index in [0.717, 1.165) is 43.9 Å². The van der Waals surface area contributed by atoms with E-state index in [2.05, 4.69) is 4.83 Å². The topological polar surface area (TPSA) is 75.7 Å². The average molecular weight is 497 g/mol. The third kappa shape index (κ3) is 6.17. The summed E-state index contributed by atoms with van der Waals surface area (Å²) in [4.78, 5) is 14.1. The van der Waals surface area contributed by atoms with Gasteiger partial charge >= 0.3 is 6.18 Å². The maximum Gasteiger partial charge on any atom is 0.416 e. The van der Waals surface area contributed by atoms with Crippen LogP contribution in [0, 0.1) is 5.92 Å². The summed E-state index contributed by atoms with van der Waals surface area (Å²) in [7, 11) is -4.13. The fourth-order valence-electron chi connectivity index (χ4n) is 4.11. The van der Waals surface area contributed by atoms with Gasteiger partial charge in [0.05, 0.1) is 17.1 Å². The van der Waals surface area contributed by atoms with Crippen molar-refractivity contribution in [2.45, 2.75) is 55.6 Å². The van der Waals surface area contributed by atoms with Crippen molar-refractivity contribution in [3.63, 3.8) is 0 Å². The molecule has 1 saturated carbocycles. The molecule has 10 heteroatoms. The van der Waals surface area contributed by atoms with Crippen LogP contribution in [0.4, 0.5) is 13.2 Å². The van der Waals surface area contributed by atoms with Crippen molar-refractivity contribution in [3.8, 4) is 5.75 Å². The second-order valence-electron chi connectivity index (χ2n) is 8.76. The van der Waals surface area contributed by atoms with Crippen LogP contribution in [0.2, 0.25) is 0 Å². The standard InChI is InChI=1S/C24H27F3N2O4S/c25-24(26,27)19-4-1-7-22(16-19)34(31,32)28-29-14-2-5-20(29)6-3-15-33-21-12-10-18(11-13-21)23(30)17-8-9-17/h1,4,7,10-13,16-17,20,28H,2-3,5-6,8-9,14-15H2/t20-/m1/s1. The summed E-state index contributed by atoms with van der Waals surface area (Å²) in [6.07, 6.45) is 0.223. The van der Waals surface area contributed by atoms with E-state index in [0.29, 0.717) is 43.4 Å². The van der Waals surface area contributed by atoms with E-state index in [9.17, 15) is 26.4 Å². The zero-order valence-electron chi connectivity index (χ0n) is 18.6. The molecule has 34 heavy (non-hydrogen) atoms. The minimum Gasteiger partial charge on any atom is -0.494 e. The van der Waals surface area contributed by atoms with E-state index < -0.39 is 26.7 Å². The number of Topliss-reactive ketones (excluding diaryl/α,β-unsaturated/α-hetero) is 1. The van der Waals surface area contributed by atoms with Gasteiger partial charge in [0.25, 0.3) is 10.0 Å². The molecule has 0 aromatic heterocycles. The molecule has 1 atom stereocenters. The van der Waals surface area contributed by atoms with Crippen molar-refractivity contribution in [2.75, 3.05) is 13.2 Å². The quantitative estimate of drug-likeness (QED) is 0.377. The smallest absolute Gasteiger partial charge is 0.416 e. The SMILES string of the molecule is O=C(c1ccc(OCCC[C@H]2CCCN2NS(=O)(=O)c2cccc(C(F)(F)F)c2)cc1)C1CC1. The van der Waals surface area contributed by atoms with Gasteiger partial charge in [-0.05, 0) is 81.0 Å². The summed E-state index contributed by atoms with van der Waals surface area (Å²) >= 11 is 0. The minimum atomic E-state index is -4.62. The molecule has 6 nitrogen and oxygen atoms in total. The summed E-state index contributed by atoms with van der Waals surface area (Å²) in [6.45, 7) is 0.917. The number of hydrogen-bond donors (Lipinski definition) is 1. The van der Waals surface area contributed by atoms with Crippen LogP contribution in [0.15, 0.2) is 53.4 Å². The number of rotatable bonds is 10. The molecule has 2 fully saturated rings. The molecule has 2 aromatic carbocycles. The first-order valence-electron chi connectivity index (χ1n) is 11.4. The number of ketones is 1. The first kappa shape index (κ1) is 24.7. The molecule has 0 spiro atoms. The molecule has 0 amide bonds. The molecule has 2 aliphatic rings. The van der Waals surface area contributed by atoms with E-state index in [1.165, 1.54) is 0 Å². The van der Waals surface area contributed by atoms with Crippen molar-refractivity contribution in [2.24, 2.45) is 5.92 Å². The van der Waals surface area contributed by atoms with Crippen LogP contribution in [0.5, 0.6) is 5.75 Å². The van der Waals surface area contributed by atoms with Gasteiger partial charge in [-0.3, -0.25) is 4.79 Å². The van der Waals surface area contributed by atoms with Crippen molar-refractivity contribution in [1.29, 1.82) is 0 Å². The Morgan fingerprint density at radius 1 is 1.09 bits per heavy atom. The number of ether oxygens (including phenoxy) is 1. The van der Waals surface area contributed by atoms with Gasteiger partial charge in [0.15, 0.2) is 5.78 Å². The van der Waals surface area contributed by atoms with Crippen molar-refractivity contribution in [3.05, 3.63) is 59.7 Å². The molecule has 4 rings (SSSR count). The number of benzene rings is 2. The van der Waals surface area contributed by atoms with Crippen LogP contribution in [0.1, 0.15) is 54.4 Å². The molecule has 1 N–H and O–H groups in total. The molecule has 184 valence electrons. The fraction of sp³-hybridized carbons (Fsp3) is 0.458. The van der Waals surface area contributed by atoms with Crippen LogP contribution >= 0.6 is 0 Å². The first-order chi connectivity index (χ1) is 16.1. The van der Waals surface area contributed by atoms with Gasteiger partial charge < -0.3 is 4.74 Å². The molecule has 0 radical (unpaired) electrons. The Kier molecular flexibility index (Phi) is 7.30. The van der Waals surface area contributed by atoms with Crippen molar-refractivity contribution < 1.29 is 31.1 Å². The third-order valence-electron chi connectivity index (χ3n) is 6.12. The maximum absolute atomic E-state index is 13.0. The lowest BCUT2D eigenvalue weighted by atomic mass is 10.1. The van der Waals surface area contributed by atoms with Gasteiger partial charge in [0, 0.05) is 24.1 Å². The monoisotopic (exact) mass is 496 g/mol. The predicted molar refractivity (Wildman–Crippen MR) is 120 cm³/mol. The highest BCUT2D eigenvalue weighted by Crippen LogP contribution is 2.33. The Balaban J connectivity index is 1.27. The van der Waals surface area contributed by atoms with Gasteiger partial charge in [-0.2, -0.15) is 13.2 Å². The Morgan fingerprint density at radius 2 is 1.82 bits per heavy atom. The Labute approximate surface area is 197 Å². The molecule has 1 saturated heterocycles.